The Morgan fingerprint density at radius 2 is 1.85 bits per heavy atom. The van der Waals surface area contributed by atoms with Crippen LogP contribution >= 0.6 is 0 Å². The Balaban J connectivity index is 1.69. The van der Waals surface area contributed by atoms with Crippen LogP contribution in [0.5, 0.6) is 0 Å². The van der Waals surface area contributed by atoms with E-state index in [2.05, 4.69) is 10.3 Å². The number of amides is 1. The van der Waals surface area contributed by atoms with Crippen LogP contribution in [0.4, 0.5) is 4.79 Å². The lowest BCUT2D eigenvalue weighted by molar-refractivity contribution is 0.0523. The van der Waals surface area contributed by atoms with E-state index in [0.717, 1.165) is 16.9 Å². The van der Waals surface area contributed by atoms with Gasteiger partial charge in [-0.1, -0.05) is 12.1 Å². The van der Waals surface area contributed by atoms with Gasteiger partial charge in [0.05, 0.1) is 12.8 Å². The lowest BCUT2D eigenvalue weighted by Gasteiger charge is -2.19. The van der Waals surface area contributed by atoms with Crippen molar-refractivity contribution in [3.05, 3.63) is 54.1 Å². The second-order valence-corrected chi connectivity index (χ2v) is 6.93. The SMILES string of the molecule is Cc1oc(-c2ccc(-c3ccco3)cc2)nc1CNC(=O)OC(C)(C)C. The van der Waals surface area contributed by atoms with Gasteiger partial charge in [-0.2, -0.15) is 0 Å². The number of carbonyl (C=O) groups excluding carboxylic acids is 1. The molecule has 0 bridgehead atoms. The number of hydrogen-bond donors (Lipinski definition) is 1. The first-order valence-corrected chi connectivity index (χ1v) is 8.39. The molecule has 2 aromatic heterocycles. The third-order valence-electron chi connectivity index (χ3n) is 3.63. The molecule has 1 aromatic carbocycles. The van der Waals surface area contributed by atoms with Crippen LogP contribution in [0.1, 0.15) is 32.2 Å². The Kier molecular flexibility index (Phi) is 4.84. The zero-order chi connectivity index (χ0) is 18.7. The van der Waals surface area contributed by atoms with Gasteiger partial charge in [0.1, 0.15) is 22.8 Å². The van der Waals surface area contributed by atoms with Crippen LogP contribution in [-0.4, -0.2) is 16.7 Å². The van der Waals surface area contributed by atoms with Gasteiger partial charge in [-0.15, -0.1) is 0 Å². The predicted octanol–water partition coefficient (Wildman–Crippen LogP) is 4.93. The van der Waals surface area contributed by atoms with Crippen LogP contribution in [0.15, 0.2) is 51.5 Å². The number of hydrogen-bond acceptors (Lipinski definition) is 5. The third kappa shape index (κ3) is 4.33. The van der Waals surface area contributed by atoms with E-state index >= 15 is 0 Å². The topological polar surface area (TPSA) is 77.5 Å². The molecule has 0 saturated heterocycles. The predicted molar refractivity (Wildman–Crippen MR) is 97.5 cm³/mol. The number of aromatic nitrogens is 1. The average molecular weight is 354 g/mol. The second-order valence-electron chi connectivity index (χ2n) is 6.93. The highest BCUT2D eigenvalue weighted by atomic mass is 16.6. The van der Waals surface area contributed by atoms with Crippen LogP contribution in [0.25, 0.3) is 22.8 Å². The Morgan fingerprint density at radius 1 is 1.15 bits per heavy atom. The maximum absolute atomic E-state index is 11.8. The molecule has 0 spiro atoms. The van der Waals surface area contributed by atoms with E-state index in [1.54, 1.807) is 6.26 Å². The molecule has 0 atom stereocenters. The summed E-state index contributed by atoms with van der Waals surface area (Å²) in [6, 6.07) is 11.5. The van der Waals surface area contributed by atoms with E-state index < -0.39 is 11.7 Å². The van der Waals surface area contributed by atoms with Gasteiger partial charge in [-0.05, 0) is 52.0 Å². The zero-order valence-corrected chi connectivity index (χ0v) is 15.3. The third-order valence-corrected chi connectivity index (χ3v) is 3.63. The Bertz CT molecular complexity index is 872. The first-order valence-electron chi connectivity index (χ1n) is 8.39. The number of benzene rings is 1. The summed E-state index contributed by atoms with van der Waals surface area (Å²) in [6.07, 6.45) is 1.16. The van der Waals surface area contributed by atoms with Crippen molar-refractivity contribution < 1.29 is 18.4 Å². The van der Waals surface area contributed by atoms with Gasteiger partial charge in [0.25, 0.3) is 0 Å². The van der Waals surface area contributed by atoms with Crippen molar-refractivity contribution >= 4 is 6.09 Å². The number of rotatable bonds is 4. The molecule has 136 valence electrons. The first kappa shape index (κ1) is 17.8. The van der Waals surface area contributed by atoms with E-state index in [1.165, 1.54) is 0 Å². The lowest BCUT2D eigenvalue weighted by atomic mass is 10.1. The highest BCUT2D eigenvalue weighted by molar-refractivity contribution is 5.67. The molecule has 6 heteroatoms. The molecule has 0 aliphatic carbocycles. The van der Waals surface area contributed by atoms with Crippen molar-refractivity contribution in [3.8, 4) is 22.8 Å². The minimum absolute atomic E-state index is 0.245. The fraction of sp³-hybridized carbons (Fsp3) is 0.300. The number of carbonyl (C=O) groups is 1. The van der Waals surface area contributed by atoms with Crippen molar-refractivity contribution in [3.63, 3.8) is 0 Å². The van der Waals surface area contributed by atoms with Gasteiger partial charge in [0.15, 0.2) is 0 Å². The molecule has 0 unspecified atom stereocenters. The Morgan fingerprint density at radius 3 is 2.46 bits per heavy atom. The fourth-order valence-corrected chi connectivity index (χ4v) is 2.41. The summed E-state index contributed by atoms with van der Waals surface area (Å²) in [7, 11) is 0. The molecule has 0 saturated carbocycles. The first-order chi connectivity index (χ1) is 12.3. The number of furan rings is 1. The molecule has 0 aliphatic heterocycles. The smallest absolute Gasteiger partial charge is 0.407 e. The van der Waals surface area contributed by atoms with Crippen LogP contribution in [0.3, 0.4) is 0 Å². The van der Waals surface area contributed by atoms with E-state index in [9.17, 15) is 4.79 Å². The molecule has 6 nitrogen and oxygen atoms in total. The van der Waals surface area contributed by atoms with E-state index in [-0.39, 0.29) is 6.54 Å². The lowest BCUT2D eigenvalue weighted by Crippen LogP contribution is -2.32. The van der Waals surface area contributed by atoms with Crippen molar-refractivity contribution in [1.29, 1.82) is 0 Å². The van der Waals surface area contributed by atoms with Gasteiger partial charge in [0, 0.05) is 11.1 Å². The highest BCUT2D eigenvalue weighted by Crippen LogP contribution is 2.26. The summed E-state index contributed by atoms with van der Waals surface area (Å²) in [5.74, 6) is 1.98. The molecule has 0 radical (unpaired) electrons. The van der Waals surface area contributed by atoms with Crippen molar-refractivity contribution in [2.24, 2.45) is 0 Å². The normalized spacial score (nSPS) is 11.4. The molecule has 1 N–H and O–H groups in total. The average Bonchev–Trinajstić information content (AvgIpc) is 3.21. The van der Waals surface area contributed by atoms with E-state index in [1.807, 2.05) is 64.1 Å². The quantitative estimate of drug-likeness (QED) is 0.718. The van der Waals surface area contributed by atoms with E-state index in [4.69, 9.17) is 13.6 Å². The Labute approximate surface area is 152 Å². The molecule has 26 heavy (non-hydrogen) atoms. The number of nitrogens with zero attached hydrogens (tertiary/aromatic N) is 1. The minimum atomic E-state index is -0.538. The molecule has 1 amide bonds. The fourth-order valence-electron chi connectivity index (χ4n) is 2.41. The molecular weight excluding hydrogens is 332 g/mol. The number of alkyl carbamates (subject to hydrolysis) is 1. The number of aryl methyl sites for hydroxylation is 1. The highest BCUT2D eigenvalue weighted by Gasteiger charge is 2.17. The summed E-state index contributed by atoms with van der Waals surface area (Å²) in [5, 5.41) is 2.69. The Hall–Kier alpha value is -3.02. The largest absolute Gasteiger partial charge is 0.464 e. The molecule has 2 heterocycles. The summed E-state index contributed by atoms with van der Waals surface area (Å²) in [5.41, 5.74) is 1.96. The van der Waals surface area contributed by atoms with Crippen molar-refractivity contribution in [2.45, 2.75) is 39.8 Å². The summed E-state index contributed by atoms with van der Waals surface area (Å²) < 4.78 is 16.3. The van der Waals surface area contributed by atoms with Gasteiger partial charge < -0.3 is 18.9 Å². The molecule has 0 fully saturated rings. The standard InChI is InChI=1S/C20H22N2O4/c1-13-16(12-21-19(23)26-20(2,3)4)22-18(25-13)15-9-7-14(8-10-15)17-6-5-11-24-17/h5-11H,12H2,1-4H3,(H,21,23). The van der Waals surface area contributed by atoms with Gasteiger partial charge in [-0.25, -0.2) is 9.78 Å². The second kappa shape index (κ2) is 7.07. The maximum Gasteiger partial charge on any atom is 0.407 e. The number of oxazole rings is 1. The number of ether oxygens (including phenoxy) is 1. The van der Waals surface area contributed by atoms with Crippen LogP contribution in [0.2, 0.25) is 0 Å². The van der Waals surface area contributed by atoms with Gasteiger partial charge in [-0.3, -0.25) is 0 Å². The molecule has 0 aliphatic rings. The van der Waals surface area contributed by atoms with E-state index in [0.29, 0.717) is 17.3 Å². The van der Waals surface area contributed by atoms with Crippen LogP contribution < -0.4 is 5.32 Å². The van der Waals surface area contributed by atoms with Crippen molar-refractivity contribution in [1.82, 2.24) is 10.3 Å². The van der Waals surface area contributed by atoms with Crippen LogP contribution in [-0.2, 0) is 11.3 Å². The maximum atomic E-state index is 11.8. The summed E-state index contributed by atoms with van der Waals surface area (Å²) in [4.78, 5) is 16.2. The summed E-state index contributed by atoms with van der Waals surface area (Å²) in [6.45, 7) is 7.52. The molecular formula is C20H22N2O4. The minimum Gasteiger partial charge on any atom is -0.464 e. The molecule has 3 aromatic rings. The van der Waals surface area contributed by atoms with Crippen molar-refractivity contribution in [2.75, 3.05) is 0 Å². The monoisotopic (exact) mass is 354 g/mol. The van der Waals surface area contributed by atoms with Gasteiger partial charge >= 0.3 is 6.09 Å². The van der Waals surface area contributed by atoms with Gasteiger partial charge in [0.2, 0.25) is 5.89 Å². The summed E-state index contributed by atoms with van der Waals surface area (Å²) >= 11 is 0. The zero-order valence-electron chi connectivity index (χ0n) is 15.3. The van der Waals surface area contributed by atoms with Crippen LogP contribution in [0, 0.1) is 6.92 Å². The molecule has 3 rings (SSSR count). The number of nitrogens with one attached hydrogen (secondary N) is 1.